The summed E-state index contributed by atoms with van der Waals surface area (Å²) < 4.78 is 46.1. The molecule has 0 aromatic carbocycles. The van der Waals surface area contributed by atoms with Gasteiger partial charge in [0.25, 0.3) is 0 Å². The monoisotopic (exact) mass is 544 g/mol. The average Bonchev–Trinajstić information content (AvgIpc) is 2.83. The summed E-state index contributed by atoms with van der Waals surface area (Å²) in [5, 5.41) is 0. The van der Waals surface area contributed by atoms with Crippen molar-refractivity contribution in [1.82, 2.24) is 0 Å². The Morgan fingerprint density at radius 1 is 0.737 bits per heavy atom. The van der Waals surface area contributed by atoms with Crippen LogP contribution in [-0.2, 0) is 57.1 Å². The molecule has 2 rings (SSSR count). The van der Waals surface area contributed by atoms with Crippen LogP contribution in [0, 0.1) is 11.8 Å². The summed E-state index contributed by atoms with van der Waals surface area (Å²) in [6, 6.07) is 0. The second-order valence-electron chi connectivity index (χ2n) is 9.46. The minimum Gasteiger partial charge on any atom is -0.463 e. The summed E-state index contributed by atoms with van der Waals surface area (Å²) >= 11 is 0. The van der Waals surface area contributed by atoms with Gasteiger partial charge in [0.05, 0.1) is 12.7 Å². The number of hydrogen-bond acceptors (Lipinski definition) is 12. The SMILES string of the molecule is C=CCO[C@@H]1O[C@H](COC(C)=O)[C@@H](O[C@H]2O[C@H](CC)[C@@H](C)[C@H](C)[C@H]2OC(C)=O)[C@H](OC(C)=O)[C@H]1OC(C)=O. The van der Waals surface area contributed by atoms with Crippen LogP contribution >= 0.6 is 0 Å². The van der Waals surface area contributed by atoms with Crippen molar-refractivity contribution >= 4 is 23.9 Å². The Bertz CT molecular complexity index is 844. The van der Waals surface area contributed by atoms with Gasteiger partial charge in [-0.1, -0.05) is 26.8 Å². The topological polar surface area (TPSA) is 142 Å². The van der Waals surface area contributed by atoms with E-state index in [-0.39, 0.29) is 31.2 Å². The van der Waals surface area contributed by atoms with E-state index in [0.29, 0.717) is 6.42 Å². The molecule has 10 atom stereocenters. The highest BCUT2D eigenvalue weighted by Gasteiger charge is 2.54. The minimum atomic E-state index is -1.25. The second kappa shape index (κ2) is 14.6. The van der Waals surface area contributed by atoms with Gasteiger partial charge in [0.2, 0.25) is 0 Å². The number of esters is 4. The molecule has 2 aliphatic heterocycles. The van der Waals surface area contributed by atoms with Crippen LogP contribution in [0.4, 0.5) is 0 Å². The molecule has 2 saturated heterocycles. The summed E-state index contributed by atoms with van der Waals surface area (Å²) in [6.07, 6.45) is -5.92. The molecule has 12 heteroatoms. The molecule has 2 fully saturated rings. The molecule has 0 amide bonds. The Morgan fingerprint density at radius 2 is 1.29 bits per heavy atom. The fourth-order valence-electron chi connectivity index (χ4n) is 4.66. The molecule has 0 unspecified atom stereocenters. The molecule has 0 aromatic heterocycles. The lowest BCUT2D eigenvalue weighted by Gasteiger charge is -2.48. The summed E-state index contributed by atoms with van der Waals surface area (Å²) in [6.45, 7) is 14.1. The molecule has 0 bridgehead atoms. The van der Waals surface area contributed by atoms with Crippen LogP contribution in [-0.4, -0.2) is 86.3 Å². The van der Waals surface area contributed by atoms with Gasteiger partial charge in [-0.3, -0.25) is 19.2 Å². The Balaban J connectivity index is 2.53. The van der Waals surface area contributed by atoms with E-state index >= 15 is 0 Å². The van der Waals surface area contributed by atoms with Crippen LogP contribution in [0.15, 0.2) is 12.7 Å². The van der Waals surface area contributed by atoms with Crippen LogP contribution in [0.25, 0.3) is 0 Å². The molecule has 0 radical (unpaired) electrons. The largest absolute Gasteiger partial charge is 0.463 e. The first-order chi connectivity index (χ1) is 17.9. The third-order valence-electron chi connectivity index (χ3n) is 6.53. The van der Waals surface area contributed by atoms with E-state index in [0.717, 1.165) is 0 Å². The Hall–Kier alpha value is -2.54. The maximum atomic E-state index is 12.2. The van der Waals surface area contributed by atoms with Gasteiger partial charge in [0, 0.05) is 33.6 Å². The fraction of sp³-hybridized carbons (Fsp3) is 0.769. The molecule has 12 nitrogen and oxygen atoms in total. The number of carbonyl (C=O) groups excluding carboxylic acids is 4. The average molecular weight is 545 g/mol. The first kappa shape index (κ1) is 31.7. The Labute approximate surface area is 223 Å². The van der Waals surface area contributed by atoms with Crippen molar-refractivity contribution in [2.75, 3.05) is 13.2 Å². The van der Waals surface area contributed by atoms with E-state index in [2.05, 4.69) is 6.58 Å². The van der Waals surface area contributed by atoms with Crippen molar-refractivity contribution in [2.45, 2.75) is 104 Å². The highest BCUT2D eigenvalue weighted by atomic mass is 16.8. The van der Waals surface area contributed by atoms with Gasteiger partial charge in [-0.25, -0.2) is 0 Å². The van der Waals surface area contributed by atoms with Gasteiger partial charge in [-0.2, -0.15) is 0 Å². The minimum absolute atomic E-state index is 0.0227. The highest BCUT2D eigenvalue weighted by molar-refractivity contribution is 5.68. The first-order valence-electron chi connectivity index (χ1n) is 12.7. The van der Waals surface area contributed by atoms with E-state index in [9.17, 15) is 19.2 Å². The molecular formula is C26H40O12. The van der Waals surface area contributed by atoms with Crippen molar-refractivity contribution < 1.29 is 57.1 Å². The molecule has 216 valence electrons. The summed E-state index contributed by atoms with van der Waals surface area (Å²) in [5.41, 5.74) is 0. The van der Waals surface area contributed by atoms with Crippen molar-refractivity contribution in [2.24, 2.45) is 11.8 Å². The maximum Gasteiger partial charge on any atom is 0.303 e. The molecule has 0 aliphatic carbocycles. The zero-order valence-corrected chi connectivity index (χ0v) is 23.1. The zero-order valence-electron chi connectivity index (χ0n) is 23.1. The Kier molecular flexibility index (Phi) is 12.1. The number of carbonyl (C=O) groups is 4. The molecule has 0 saturated carbocycles. The van der Waals surface area contributed by atoms with E-state index in [1.807, 2.05) is 20.8 Å². The van der Waals surface area contributed by atoms with Gasteiger partial charge in [0.15, 0.2) is 30.9 Å². The molecule has 0 spiro atoms. The van der Waals surface area contributed by atoms with Crippen LogP contribution in [0.5, 0.6) is 0 Å². The lowest BCUT2D eigenvalue weighted by atomic mass is 9.82. The molecule has 2 heterocycles. The molecule has 38 heavy (non-hydrogen) atoms. The van der Waals surface area contributed by atoms with E-state index in [4.69, 9.17) is 37.9 Å². The number of hydrogen-bond donors (Lipinski definition) is 0. The van der Waals surface area contributed by atoms with Gasteiger partial charge >= 0.3 is 23.9 Å². The Morgan fingerprint density at radius 3 is 1.82 bits per heavy atom. The van der Waals surface area contributed by atoms with Crippen LogP contribution in [0.2, 0.25) is 0 Å². The van der Waals surface area contributed by atoms with E-state index < -0.39 is 67.0 Å². The van der Waals surface area contributed by atoms with Crippen molar-refractivity contribution in [3.8, 4) is 0 Å². The van der Waals surface area contributed by atoms with Crippen molar-refractivity contribution in [1.29, 1.82) is 0 Å². The number of ether oxygens (including phenoxy) is 8. The van der Waals surface area contributed by atoms with Gasteiger partial charge in [-0.15, -0.1) is 6.58 Å². The highest BCUT2D eigenvalue weighted by Crippen LogP contribution is 2.38. The van der Waals surface area contributed by atoms with Gasteiger partial charge in [-0.05, 0) is 12.3 Å². The van der Waals surface area contributed by atoms with Crippen molar-refractivity contribution in [3.63, 3.8) is 0 Å². The van der Waals surface area contributed by atoms with Crippen LogP contribution in [0.1, 0.15) is 54.9 Å². The second-order valence-corrected chi connectivity index (χ2v) is 9.46. The fourth-order valence-corrected chi connectivity index (χ4v) is 4.66. The first-order valence-corrected chi connectivity index (χ1v) is 12.7. The normalized spacial score (nSPS) is 35.0. The van der Waals surface area contributed by atoms with Crippen LogP contribution in [0.3, 0.4) is 0 Å². The van der Waals surface area contributed by atoms with Crippen molar-refractivity contribution in [3.05, 3.63) is 12.7 Å². The van der Waals surface area contributed by atoms with Gasteiger partial charge in [0.1, 0.15) is 18.8 Å². The van der Waals surface area contributed by atoms with E-state index in [1.165, 1.54) is 33.8 Å². The zero-order chi connectivity index (χ0) is 28.6. The smallest absolute Gasteiger partial charge is 0.303 e. The molecule has 2 aliphatic rings. The van der Waals surface area contributed by atoms with Crippen LogP contribution < -0.4 is 0 Å². The lowest BCUT2D eigenvalue weighted by Crippen LogP contribution is -2.64. The summed E-state index contributed by atoms with van der Waals surface area (Å²) in [5.74, 6) is -2.59. The molecular weight excluding hydrogens is 504 g/mol. The predicted octanol–water partition coefficient (Wildman–Crippen LogP) is 2.06. The standard InChI is InChI=1S/C26H40O12/c1-9-11-31-25-24(35-18(8)30)23(34-17(7)29)22(20(37-25)12-32-15(5)27)38-26-21(33-16(6)28)14(4)13(3)19(10-2)36-26/h9,13-14,19-26H,1,10-12H2,2-8H3/t13-,14-,19+,20+,21+,22+,23-,24+,25+,26+/m0/s1. The third kappa shape index (κ3) is 8.48. The molecule has 0 aromatic rings. The number of rotatable bonds is 11. The molecule has 0 N–H and O–H groups in total. The summed E-state index contributed by atoms with van der Waals surface area (Å²) in [7, 11) is 0. The lowest BCUT2D eigenvalue weighted by molar-refractivity contribution is -0.351. The predicted molar refractivity (Wildman–Crippen MR) is 130 cm³/mol. The quantitative estimate of drug-likeness (QED) is 0.213. The third-order valence-corrected chi connectivity index (χ3v) is 6.53. The van der Waals surface area contributed by atoms with E-state index in [1.54, 1.807) is 0 Å². The maximum absolute atomic E-state index is 12.2. The summed E-state index contributed by atoms with van der Waals surface area (Å²) in [4.78, 5) is 47.8. The van der Waals surface area contributed by atoms with Gasteiger partial charge < -0.3 is 37.9 Å².